The van der Waals surface area contributed by atoms with Crippen molar-refractivity contribution >= 4 is 136 Å². The van der Waals surface area contributed by atoms with Gasteiger partial charge in [0.1, 0.15) is 42.3 Å². The van der Waals surface area contributed by atoms with Crippen molar-refractivity contribution < 1.29 is 75.1 Å². The first-order valence-electron chi connectivity index (χ1n) is 23.5. The van der Waals surface area contributed by atoms with Crippen LogP contribution in [0, 0.1) is 17.0 Å². The number of anilines is 2. The standard InChI is InChI=1S/C51H39N11O18S4/c1-24-6-14-38(40(18-24)81(69,70)77-2)58-60-46-42(83(73,74)79-4)22-32-36(16-12-34(52)44(32)50(46)65)56-54-25-7-10-28-30(19-25)48(63)29-11-8-26(20-31(29)49(28)64)55-57-37-17-13-35(53)45-33(37)23-43(84(75,76)80-5)47(51(45)66)61-59-39-15-9-27(62(67)68)21-41(39)82(71,72)78-3/h6-23,65-66H,52-53H2,1-5H3. The highest BCUT2D eigenvalue weighted by Gasteiger charge is 2.32. The maximum atomic E-state index is 14.1. The fourth-order valence-corrected chi connectivity index (χ4v) is 11.9. The zero-order valence-corrected chi connectivity index (χ0v) is 46.9. The Labute approximate surface area is 474 Å². The number of aryl methyl sites for hydroxylation is 1. The number of benzene rings is 8. The molecule has 0 spiro atoms. The van der Waals surface area contributed by atoms with Crippen LogP contribution in [0.3, 0.4) is 0 Å². The summed E-state index contributed by atoms with van der Waals surface area (Å²) in [6, 6.07) is 21.7. The highest BCUT2D eigenvalue weighted by molar-refractivity contribution is 7.87. The lowest BCUT2D eigenvalue weighted by Gasteiger charge is -2.17. The third-order valence-electron chi connectivity index (χ3n) is 12.7. The van der Waals surface area contributed by atoms with E-state index in [-0.39, 0.29) is 83.6 Å². The van der Waals surface area contributed by atoms with Gasteiger partial charge in [-0.3, -0.25) is 36.4 Å². The predicted molar refractivity (Wildman–Crippen MR) is 298 cm³/mol. The average molecular weight is 1220 g/mol. The second kappa shape index (κ2) is 22.2. The van der Waals surface area contributed by atoms with Crippen molar-refractivity contribution in [3.05, 3.63) is 147 Å². The van der Waals surface area contributed by atoms with Gasteiger partial charge in [-0.1, -0.05) is 6.07 Å². The number of carbonyl (C=O) groups is 2. The van der Waals surface area contributed by atoms with Gasteiger partial charge >= 0.3 is 0 Å². The molecular formula is C51H39N11O18S4. The lowest BCUT2D eigenvalue weighted by atomic mass is 9.83. The van der Waals surface area contributed by atoms with Gasteiger partial charge in [0, 0.05) is 56.5 Å². The second-order valence-corrected chi connectivity index (χ2v) is 24.3. The number of nitro benzene ring substituents is 1. The van der Waals surface area contributed by atoms with Gasteiger partial charge in [-0.25, -0.2) is 0 Å². The number of rotatable bonds is 17. The Bertz CT molecular complexity index is 4820. The molecule has 0 unspecified atom stereocenters. The Morgan fingerprint density at radius 3 is 1.21 bits per heavy atom. The molecule has 0 aromatic heterocycles. The Hall–Kier alpha value is -9.74. The van der Waals surface area contributed by atoms with E-state index in [9.17, 15) is 63.6 Å². The number of aromatic hydroxyl groups is 2. The molecular weight excluding hydrogens is 1180 g/mol. The van der Waals surface area contributed by atoms with E-state index in [4.69, 9.17) is 19.8 Å². The van der Waals surface area contributed by atoms with E-state index < -0.39 is 111 Å². The number of hydrogen-bond donors (Lipinski definition) is 4. The van der Waals surface area contributed by atoms with E-state index in [1.165, 1.54) is 78.9 Å². The minimum absolute atomic E-state index is 0.0226. The highest BCUT2D eigenvalue weighted by atomic mass is 32.2. The number of nitrogens with zero attached hydrogens (tertiary/aromatic N) is 9. The van der Waals surface area contributed by atoms with Crippen LogP contribution in [0.2, 0.25) is 0 Å². The number of ketones is 2. The van der Waals surface area contributed by atoms with Crippen LogP contribution in [0.1, 0.15) is 37.4 Å². The van der Waals surface area contributed by atoms with Crippen LogP contribution in [-0.4, -0.2) is 88.8 Å². The van der Waals surface area contributed by atoms with Crippen molar-refractivity contribution in [1.29, 1.82) is 0 Å². The van der Waals surface area contributed by atoms with Gasteiger partial charge in [0.25, 0.3) is 46.2 Å². The molecule has 0 bridgehead atoms. The molecule has 29 nitrogen and oxygen atoms in total. The zero-order chi connectivity index (χ0) is 61.0. The summed E-state index contributed by atoms with van der Waals surface area (Å²) in [5.41, 5.74) is 9.60. The highest BCUT2D eigenvalue weighted by Crippen LogP contribution is 2.49. The molecule has 0 saturated heterocycles. The number of nitro groups is 1. The van der Waals surface area contributed by atoms with Crippen molar-refractivity contribution in [3.63, 3.8) is 0 Å². The molecule has 84 heavy (non-hydrogen) atoms. The smallest absolute Gasteiger partial charge is 0.299 e. The zero-order valence-electron chi connectivity index (χ0n) is 43.6. The average Bonchev–Trinajstić information content (AvgIpc) is 1.85. The Balaban J connectivity index is 1.03. The second-order valence-electron chi connectivity index (χ2n) is 17.6. The van der Waals surface area contributed by atoms with E-state index in [0.29, 0.717) is 11.6 Å². The first-order valence-corrected chi connectivity index (χ1v) is 29.1. The number of azo groups is 4. The summed E-state index contributed by atoms with van der Waals surface area (Å²) in [5.74, 6) is -2.93. The van der Waals surface area contributed by atoms with Crippen molar-refractivity contribution in [2.45, 2.75) is 26.5 Å². The predicted octanol–water partition coefficient (Wildman–Crippen LogP) is 10.6. The molecule has 0 aliphatic heterocycles. The number of phenols is 2. The Morgan fingerprint density at radius 2 is 0.810 bits per heavy atom. The lowest BCUT2D eigenvalue weighted by molar-refractivity contribution is -0.385. The first kappa shape index (κ1) is 58.9. The molecule has 0 saturated carbocycles. The molecule has 0 atom stereocenters. The quantitative estimate of drug-likeness (QED) is 0.0216. The van der Waals surface area contributed by atoms with Gasteiger partial charge in [0.15, 0.2) is 23.1 Å². The van der Waals surface area contributed by atoms with Gasteiger partial charge in [-0.15, -0.1) is 30.7 Å². The lowest BCUT2D eigenvalue weighted by Crippen LogP contribution is -2.20. The molecule has 6 N–H and O–H groups in total. The van der Waals surface area contributed by atoms with Crippen LogP contribution in [0.5, 0.6) is 11.5 Å². The SMILES string of the molecule is COS(=O)(=O)c1cc(C)ccc1N=Nc1c(S(=O)(=O)OC)cc2c(N=Nc3ccc4c(c3)C(=O)c3ccc(N=Nc5ccc(N)c6c(O)c(N=Nc7ccc([N+](=O)[O-])cc7S(=O)(=O)OC)c(S(=O)(=O)OC)cc56)cc3C4=O)ccc(N)c2c1O. The third kappa shape index (κ3) is 10.8. The van der Waals surface area contributed by atoms with Gasteiger partial charge in [-0.05, 0) is 103 Å². The first-order chi connectivity index (χ1) is 39.7. The summed E-state index contributed by atoms with van der Waals surface area (Å²) < 4.78 is 123. The molecule has 0 amide bonds. The minimum atomic E-state index is -4.80. The van der Waals surface area contributed by atoms with Gasteiger partial charge in [-0.2, -0.15) is 43.9 Å². The van der Waals surface area contributed by atoms with E-state index in [0.717, 1.165) is 52.7 Å². The van der Waals surface area contributed by atoms with E-state index in [1.54, 1.807) is 6.92 Å². The monoisotopic (exact) mass is 1220 g/mol. The molecule has 33 heteroatoms. The molecule has 9 rings (SSSR count). The molecule has 1 aliphatic carbocycles. The molecule has 0 heterocycles. The summed E-state index contributed by atoms with van der Waals surface area (Å²) in [7, 11) is -15.1. The van der Waals surface area contributed by atoms with Crippen LogP contribution in [0.15, 0.2) is 170 Å². The van der Waals surface area contributed by atoms with Gasteiger partial charge in [0.2, 0.25) is 0 Å². The number of phenolic OH excluding ortho intramolecular Hbond substituents is 2. The molecule has 8 aromatic carbocycles. The normalized spacial score (nSPS) is 13.3. The van der Waals surface area contributed by atoms with E-state index in [1.807, 2.05) is 0 Å². The van der Waals surface area contributed by atoms with E-state index >= 15 is 0 Å². The summed E-state index contributed by atoms with van der Waals surface area (Å²) in [6.45, 7) is 1.61. The summed E-state index contributed by atoms with van der Waals surface area (Å²) in [5, 5.41) is 66.6. The van der Waals surface area contributed by atoms with Crippen molar-refractivity contribution in [2.24, 2.45) is 40.9 Å². The molecule has 430 valence electrons. The van der Waals surface area contributed by atoms with Crippen LogP contribution in [-0.2, 0) is 57.2 Å². The molecule has 0 fully saturated rings. The van der Waals surface area contributed by atoms with E-state index in [2.05, 4.69) is 49.3 Å². The molecule has 0 radical (unpaired) electrons. The fraction of sp³-hybridized carbons (Fsp3) is 0.0980. The summed E-state index contributed by atoms with van der Waals surface area (Å²) >= 11 is 0. The van der Waals surface area contributed by atoms with Gasteiger partial charge < -0.3 is 21.7 Å². The number of hydrogen-bond acceptors (Lipinski definition) is 28. The van der Waals surface area contributed by atoms with Crippen LogP contribution in [0.25, 0.3) is 21.5 Å². The molecule has 8 aromatic rings. The van der Waals surface area contributed by atoms with Crippen molar-refractivity contribution in [1.82, 2.24) is 0 Å². The number of nitrogen functional groups attached to an aromatic ring is 2. The topological polar surface area (TPSA) is 442 Å². The van der Waals surface area contributed by atoms with Gasteiger partial charge in [0.05, 0.1) is 66.9 Å². The summed E-state index contributed by atoms with van der Waals surface area (Å²) in [6.07, 6.45) is 0. The number of non-ortho nitro benzene ring substituents is 1. The minimum Gasteiger partial charge on any atom is -0.505 e. The molecule has 1 aliphatic rings. The largest absolute Gasteiger partial charge is 0.505 e. The Kier molecular flexibility index (Phi) is 15.6. The summed E-state index contributed by atoms with van der Waals surface area (Å²) in [4.78, 5) is 35.9. The third-order valence-corrected chi connectivity index (χ3v) is 17.9. The number of carbonyl (C=O) groups excluding carboxylic acids is 2. The van der Waals surface area contributed by atoms with Crippen LogP contribution < -0.4 is 11.5 Å². The fourth-order valence-electron chi connectivity index (χ4n) is 8.53. The van der Waals surface area contributed by atoms with Crippen LogP contribution in [0.4, 0.5) is 62.6 Å². The maximum absolute atomic E-state index is 14.1. The Morgan fingerprint density at radius 1 is 0.440 bits per heavy atom. The van der Waals surface area contributed by atoms with Crippen molar-refractivity contribution in [3.8, 4) is 11.5 Å². The van der Waals surface area contributed by atoms with Crippen LogP contribution >= 0.6 is 0 Å². The number of fused-ring (bicyclic) bond motifs is 4. The van der Waals surface area contributed by atoms with Crippen molar-refractivity contribution in [2.75, 3.05) is 39.9 Å². The number of nitrogens with two attached hydrogens (primary N) is 2. The maximum Gasteiger partial charge on any atom is 0.299 e.